The third-order valence-electron chi connectivity index (χ3n) is 1.78. The molecule has 0 aliphatic carbocycles. The van der Waals surface area contributed by atoms with E-state index in [-0.39, 0.29) is 5.78 Å². The molecule has 1 heterocycles. The quantitative estimate of drug-likeness (QED) is 0.521. The van der Waals surface area contributed by atoms with Gasteiger partial charge in [0.15, 0.2) is 5.78 Å². The number of carbonyl (C=O) groups excluding carboxylic acids is 1. The largest absolute Gasteiger partial charge is 0.292 e. The number of rotatable bonds is 4. The molecule has 0 fully saturated rings. The van der Waals surface area contributed by atoms with Crippen LogP contribution in [0.2, 0.25) is 0 Å². The molecule has 0 aliphatic rings. The Labute approximate surface area is 78.1 Å². The van der Waals surface area contributed by atoms with Crippen molar-refractivity contribution in [3.05, 3.63) is 30.1 Å². The van der Waals surface area contributed by atoms with E-state index in [1.165, 1.54) is 0 Å². The Bertz CT molecular complexity index is 325. The summed E-state index contributed by atoms with van der Waals surface area (Å²) in [5.41, 5.74) is 1.58. The highest BCUT2D eigenvalue weighted by molar-refractivity contribution is 5.94. The van der Waals surface area contributed by atoms with Gasteiger partial charge in [0.1, 0.15) is 5.69 Å². The molecule has 0 atom stereocenters. The summed E-state index contributed by atoms with van der Waals surface area (Å²) in [7, 11) is 1.80. The molecular weight excluding hydrogens is 164 g/mol. The standard InChI is InChI=1S/C10H14N2O/c1-8(2)4-5-10(13)9-6-7-12(3)11-9/h6-7H,1,4-5H2,2-3H3. The Balaban J connectivity index is 2.54. The Morgan fingerprint density at radius 1 is 1.62 bits per heavy atom. The van der Waals surface area contributed by atoms with Crippen LogP contribution >= 0.6 is 0 Å². The topological polar surface area (TPSA) is 34.9 Å². The molecule has 70 valence electrons. The molecule has 0 radical (unpaired) electrons. The van der Waals surface area contributed by atoms with E-state index in [0.29, 0.717) is 12.1 Å². The molecule has 13 heavy (non-hydrogen) atoms. The van der Waals surface area contributed by atoms with Crippen LogP contribution in [0.1, 0.15) is 30.3 Å². The first-order valence-corrected chi connectivity index (χ1v) is 4.27. The van der Waals surface area contributed by atoms with Gasteiger partial charge in [-0.25, -0.2) is 0 Å². The number of carbonyl (C=O) groups is 1. The first-order chi connectivity index (χ1) is 6.09. The summed E-state index contributed by atoms with van der Waals surface area (Å²) in [6.07, 6.45) is 3.02. The zero-order valence-corrected chi connectivity index (χ0v) is 8.08. The Hall–Kier alpha value is -1.38. The van der Waals surface area contributed by atoms with E-state index in [0.717, 1.165) is 12.0 Å². The molecule has 0 unspecified atom stereocenters. The van der Waals surface area contributed by atoms with Crippen LogP contribution in [0.4, 0.5) is 0 Å². The second kappa shape index (κ2) is 4.03. The van der Waals surface area contributed by atoms with Crippen molar-refractivity contribution in [2.24, 2.45) is 7.05 Å². The Morgan fingerprint density at radius 2 is 2.31 bits per heavy atom. The van der Waals surface area contributed by atoms with Crippen molar-refractivity contribution in [1.29, 1.82) is 0 Å². The molecule has 0 saturated carbocycles. The summed E-state index contributed by atoms with van der Waals surface area (Å²) in [5.74, 6) is 0.0867. The van der Waals surface area contributed by atoms with Crippen molar-refractivity contribution < 1.29 is 4.79 Å². The molecule has 1 aromatic rings. The molecular formula is C10H14N2O. The second-order valence-corrected chi connectivity index (χ2v) is 3.25. The number of Topliss-reactive ketones (excluding diaryl/α,β-unsaturated/α-hetero) is 1. The van der Waals surface area contributed by atoms with E-state index in [4.69, 9.17) is 0 Å². The van der Waals surface area contributed by atoms with E-state index >= 15 is 0 Å². The van der Waals surface area contributed by atoms with E-state index < -0.39 is 0 Å². The lowest BCUT2D eigenvalue weighted by atomic mass is 10.1. The van der Waals surface area contributed by atoms with Gasteiger partial charge in [-0.2, -0.15) is 5.10 Å². The van der Waals surface area contributed by atoms with Crippen LogP contribution in [0, 0.1) is 0 Å². The van der Waals surface area contributed by atoms with E-state index in [1.54, 1.807) is 24.0 Å². The van der Waals surface area contributed by atoms with Crippen LogP contribution in [-0.2, 0) is 7.05 Å². The maximum atomic E-state index is 11.4. The van der Waals surface area contributed by atoms with Crippen LogP contribution in [0.5, 0.6) is 0 Å². The summed E-state index contributed by atoms with van der Waals surface area (Å²) in [5, 5.41) is 4.03. The van der Waals surface area contributed by atoms with Crippen molar-refractivity contribution in [2.75, 3.05) is 0 Å². The van der Waals surface area contributed by atoms with Gasteiger partial charge in [0.2, 0.25) is 0 Å². The Morgan fingerprint density at radius 3 is 2.77 bits per heavy atom. The van der Waals surface area contributed by atoms with Gasteiger partial charge < -0.3 is 0 Å². The van der Waals surface area contributed by atoms with Gasteiger partial charge in [0.25, 0.3) is 0 Å². The molecule has 0 aliphatic heterocycles. The van der Waals surface area contributed by atoms with Crippen LogP contribution in [-0.4, -0.2) is 15.6 Å². The maximum Gasteiger partial charge on any atom is 0.183 e. The van der Waals surface area contributed by atoms with Gasteiger partial charge in [-0.1, -0.05) is 5.57 Å². The van der Waals surface area contributed by atoms with Crippen molar-refractivity contribution >= 4 is 5.78 Å². The number of aromatic nitrogens is 2. The lowest BCUT2D eigenvalue weighted by Gasteiger charge is -1.96. The number of ketones is 1. The predicted octanol–water partition coefficient (Wildman–Crippen LogP) is 1.96. The molecule has 0 N–H and O–H groups in total. The summed E-state index contributed by atoms with van der Waals surface area (Å²) in [6.45, 7) is 5.67. The molecule has 0 bridgehead atoms. The zero-order chi connectivity index (χ0) is 9.84. The monoisotopic (exact) mass is 178 g/mol. The van der Waals surface area contributed by atoms with Gasteiger partial charge in [-0.15, -0.1) is 6.58 Å². The normalized spacial score (nSPS) is 10.0. The number of nitrogens with zero attached hydrogens (tertiary/aromatic N) is 2. The van der Waals surface area contributed by atoms with Crippen LogP contribution in [0.15, 0.2) is 24.4 Å². The molecule has 1 rings (SSSR count). The summed E-state index contributed by atoms with van der Waals surface area (Å²) in [6, 6.07) is 1.74. The van der Waals surface area contributed by atoms with Crippen LogP contribution in [0.25, 0.3) is 0 Å². The first kappa shape index (κ1) is 9.71. The van der Waals surface area contributed by atoms with Crippen molar-refractivity contribution in [3.63, 3.8) is 0 Å². The smallest absolute Gasteiger partial charge is 0.183 e. The molecule has 0 spiro atoms. The lowest BCUT2D eigenvalue weighted by Crippen LogP contribution is -2.01. The lowest BCUT2D eigenvalue weighted by molar-refractivity contribution is 0.0977. The fourth-order valence-corrected chi connectivity index (χ4v) is 1.02. The van der Waals surface area contributed by atoms with Gasteiger partial charge in [-0.3, -0.25) is 9.48 Å². The fourth-order valence-electron chi connectivity index (χ4n) is 1.02. The van der Waals surface area contributed by atoms with E-state index in [1.807, 2.05) is 6.92 Å². The maximum absolute atomic E-state index is 11.4. The van der Waals surface area contributed by atoms with Crippen molar-refractivity contribution in [2.45, 2.75) is 19.8 Å². The van der Waals surface area contributed by atoms with Crippen molar-refractivity contribution in [3.8, 4) is 0 Å². The third kappa shape index (κ3) is 2.86. The average molecular weight is 178 g/mol. The highest BCUT2D eigenvalue weighted by Gasteiger charge is 2.07. The van der Waals surface area contributed by atoms with Gasteiger partial charge in [0, 0.05) is 19.7 Å². The number of aryl methyl sites for hydroxylation is 1. The molecule has 3 nitrogen and oxygen atoms in total. The fraction of sp³-hybridized carbons (Fsp3) is 0.400. The third-order valence-corrected chi connectivity index (χ3v) is 1.78. The van der Waals surface area contributed by atoms with Gasteiger partial charge in [-0.05, 0) is 19.4 Å². The minimum atomic E-state index is 0.0867. The number of allylic oxidation sites excluding steroid dienone is 1. The summed E-state index contributed by atoms with van der Waals surface area (Å²) in [4.78, 5) is 11.4. The minimum absolute atomic E-state index is 0.0867. The Kier molecular flexibility index (Phi) is 3.01. The molecule has 3 heteroatoms. The summed E-state index contributed by atoms with van der Waals surface area (Å²) >= 11 is 0. The number of hydrogen-bond acceptors (Lipinski definition) is 2. The van der Waals surface area contributed by atoms with E-state index in [9.17, 15) is 4.79 Å². The molecule has 0 aromatic carbocycles. The first-order valence-electron chi connectivity index (χ1n) is 4.27. The molecule has 0 saturated heterocycles. The van der Waals surface area contributed by atoms with Gasteiger partial charge in [0.05, 0.1) is 0 Å². The van der Waals surface area contributed by atoms with Gasteiger partial charge >= 0.3 is 0 Å². The minimum Gasteiger partial charge on any atom is -0.292 e. The predicted molar refractivity (Wildman–Crippen MR) is 51.6 cm³/mol. The average Bonchev–Trinajstić information content (AvgIpc) is 2.47. The number of hydrogen-bond donors (Lipinski definition) is 0. The van der Waals surface area contributed by atoms with Crippen LogP contribution < -0.4 is 0 Å². The highest BCUT2D eigenvalue weighted by Crippen LogP contribution is 2.06. The summed E-state index contributed by atoms with van der Waals surface area (Å²) < 4.78 is 1.63. The molecule has 0 amide bonds. The molecule has 1 aromatic heterocycles. The highest BCUT2D eigenvalue weighted by atomic mass is 16.1. The van der Waals surface area contributed by atoms with Crippen LogP contribution in [0.3, 0.4) is 0 Å². The second-order valence-electron chi connectivity index (χ2n) is 3.25. The van der Waals surface area contributed by atoms with Crippen molar-refractivity contribution in [1.82, 2.24) is 9.78 Å². The van der Waals surface area contributed by atoms with E-state index in [2.05, 4.69) is 11.7 Å². The SMILES string of the molecule is C=C(C)CCC(=O)c1ccn(C)n1. The zero-order valence-electron chi connectivity index (χ0n) is 8.08.